The first-order chi connectivity index (χ1) is 9.75. The Hall–Kier alpha value is -1.61. The third-order valence-electron chi connectivity index (χ3n) is 2.61. The molecule has 9 heteroatoms. The van der Waals surface area contributed by atoms with E-state index >= 15 is 0 Å². The Balaban J connectivity index is 2.00. The highest BCUT2D eigenvalue weighted by Crippen LogP contribution is 2.30. The van der Waals surface area contributed by atoms with Crippen molar-refractivity contribution in [3.8, 4) is 0 Å². The van der Waals surface area contributed by atoms with Crippen LogP contribution in [0.1, 0.15) is 12.0 Å². The van der Waals surface area contributed by atoms with E-state index in [2.05, 4.69) is 10.6 Å². The highest BCUT2D eigenvalue weighted by molar-refractivity contribution is 8.24. The summed E-state index contributed by atoms with van der Waals surface area (Å²) in [5.41, 5.74) is -0.824. The van der Waals surface area contributed by atoms with Crippen molar-refractivity contribution in [2.45, 2.75) is 17.8 Å². The molecule has 1 heterocycles. The van der Waals surface area contributed by atoms with Crippen LogP contribution in [-0.4, -0.2) is 21.4 Å². The van der Waals surface area contributed by atoms with Gasteiger partial charge < -0.3 is 10.6 Å². The van der Waals surface area contributed by atoms with Crippen LogP contribution in [0.25, 0.3) is 0 Å². The van der Waals surface area contributed by atoms with E-state index in [0.717, 1.165) is 23.9 Å². The smallest absolute Gasteiger partial charge is 0.326 e. The highest BCUT2D eigenvalue weighted by atomic mass is 32.2. The summed E-state index contributed by atoms with van der Waals surface area (Å²) in [4.78, 5) is 23.2. The molecule has 1 aliphatic rings. The quantitative estimate of drug-likeness (QED) is 0.834. The second kappa shape index (κ2) is 6.02. The van der Waals surface area contributed by atoms with Crippen LogP contribution in [0, 0.1) is 0 Å². The largest absolute Gasteiger partial charge is 0.416 e. The molecule has 1 saturated heterocycles. The molecule has 4 nitrogen and oxygen atoms in total. The van der Waals surface area contributed by atoms with E-state index in [-0.39, 0.29) is 22.3 Å². The predicted octanol–water partition coefficient (Wildman–Crippen LogP) is 2.55. The number of benzene rings is 1. The summed E-state index contributed by atoms with van der Waals surface area (Å²) >= 11 is 5.84. The Bertz CT molecular complexity index is 604. The van der Waals surface area contributed by atoms with Gasteiger partial charge in [-0.1, -0.05) is 30.0 Å². The minimum Gasteiger partial charge on any atom is -0.326 e. The predicted molar refractivity (Wildman–Crippen MR) is 76.8 cm³/mol. The van der Waals surface area contributed by atoms with Crippen molar-refractivity contribution in [1.29, 1.82) is 0 Å². The molecule has 0 bridgehead atoms. The lowest BCUT2D eigenvalue weighted by Gasteiger charge is -2.10. The molecular formula is C12H9F3N2O2S2. The summed E-state index contributed by atoms with van der Waals surface area (Å²) in [5.74, 6) is -0.920. The lowest BCUT2D eigenvalue weighted by molar-refractivity contribution is -0.137. The van der Waals surface area contributed by atoms with Gasteiger partial charge in [-0.2, -0.15) is 13.2 Å². The number of amides is 2. The molecule has 0 aromatic heterocycles. The monoisotopic (exact) mass is 334 g/mol. The number of hydrogen-bond acceptors (Lipinski definition) is 4. The standard InChI is InChI=1S/C12H9F3N2O2S2/c13-12(14,15)6-2-1-3-7(4-6)16-9(18)5-8-10(19)17-11(20)21-8/h1-4,8H,5H2,(H,16,18)(H,17,19,20)/t8-/m1/s1. The summed E-state index contributed by atoms with van der Waals surface area (Å²) in [6.07, 6.45) is -4.64. The summed E-state index contributed by atoms with van der Waals surface area (Å²) in [7, 11) is 0. The van der Waals surface area contributed by atoms with Gasteiger partial charge in [0.2, 0.25) is 11.8 Å². The number of rotatable bonds is 3. The zero-order chi connectivity index (χ0) is 15.6. The van der Waals surface area contributed by atoms with Gasteiger partial charge in [0.1, 0.15) is 4.32 Å². The van der Waals surface area contributed by atoms with Crippen LogP contribution >= 0.6 is 24.0 Å². The first kappa shape index (κ1) is 15.8. The van der Waals surface area contributed by atoms with Crippen molar-refractivity contribution in [3.63, 3.8) is 0 Å². The molecule has 1 aliphatic heterocycles. The number of hydrogen-bond donors (Lipinski definition) is 2. The Morgan fingerprint density at radius 2 is 2.14 bits per heavy atom. The number of halogens is 3. The first-order valence-corrected chi connectivity index (χ1v) is 7.03. The molecular weight excluding hydrogens is 325 g/mol. The molecule has 0 radical (unpaired) electrons. The Morgan fingerprint density at radius 1 is 1.43 bits per heavy atom. The molecule has 2 N–H and O–H groups in total. The topological polar surface area (TPSA) is 58.2 Å². The van der Waals surface area contributed by atoms with Gasteiger partial charge in [-0.3, -0.25) is 9.59 Å². The number of carbonyl (C=O) groups excluding carboxylic acids is 2. The Labute approximate surface area is 127 Å². The van der Waals surface area contributed by atoms with Crippen molar-refractivity contribution in [2.24, 2.45) is 0 Å². The molecule has 112 valence electrons. The average Bonchev–Trinajstić information content (AvgIpc) is 2.67. The second-order valence-corrected chi connectivity index (χ2v) is 6.09. The van der Waals surface area contributed by atoms with Crippen LogP contribution in [0.5, 0.6) is 0 Å². The van der Waals surface area contributed by atoms with Crippen LogP contribution in [-0.2, 0) is 15.8 Å². The maximum absolute atomic E-state index is 12.5. The van der Waals surface area contributed by atoms with Crippen molar-refractivity contribution in [1.82, 2.24) is 5.32 Å². The van der Waals surface area contributed by atoms with Gasteiger partial charge in [0, 0.05) is 12.1 Å². The third kappa shape index (κ3) is 4.18. The molecule has 1 aromatic carbocycles. The number of thioether (sulfide) groups is 1. The maximum atomic E-state index is 12.5. The van der Waals surface area contributed by atoms with E-state index in [1.54, 1.807) is 0 Å². The summed E-state index contributed by atoms with van der Waals surface area (Å²) in [5, 5.41) is 4.08. The normalized spacial score (nSPS) is 18.5. The molecule has 21 heavy (non-hydrogen) atoms. The fourth-order valence-electron chi connectivity index (χ4n) is 1.68. The first-order valence-electron chi connectivity index (χ1n) is 5.74. The van der Waals surface area contributed by atoms with Gasteiger partial charge in [0.25, 0.3) is 0 Å². The zero-order valence-corrected chi connectivity index (χ0v) is 12.0. The van der Waals surface area contributed by atoms with Crippen molar-refractivity contribution in [3.05, 3.63) is 29.8 Å². The molecule has 0 spiro atoms. The molecule has 0 unspecified atom stereocenters. The highest BCUT2D eigenvalue weighted by Gasteiger charge is 2.32. The van der Waals surface area contributed by atoms with E-state index in [4.69, 9.17) is 12.2 Å². The summed E-state index contributed by atoms with van der Waals surface area (Å²) < 4.78 is 37.9. The average molecular weight is 334 g/mol. The fourth-order valence-corrected chi connectivity index (χ4v) is 2.95. The fraction of sp³-hybridized carbons (Fsp3) is 0.250. The van der Waals surface area contributed by atoms with Gasteiger partial charge in [-0.05, 0) is 18.2 Å². The van der Waals surface area contributed by atoms with E-state index in [9.17, 15) is 22.8 Å². The lowest BCUT2D eigenvalue weighted by Crippen LogP contribution is -2.27. The van der Waals surface area contributed by atoms with E-state index < -0.39 is 22.9 Å². The molecule has 1 aromatic rings. The number of nitrogens with one attached hydrogen (secondary N) is 2. The number of carbonyl (C=O) groups is 2. The van der Waals surface area contributed by atoms with Crippen LogP contribution in [0.4, 0.5) is 18.9 Å². The van der Waals surface area contributed by atoms with Crippen molar-refractivity contribution >= 4 is 45.8 Å². The number of anilines is 1. The second-order valence-electron chi connectivity index (χ2n) is 4.21. The lowest BCUT2D eigenvalue weighted by atomic mass is 10.2. The Morgan fingerprint density at radius 3 is 2.71 bits per heavy atom. The van der Waals surface area contributed by atoms with Crippen LogP contribution in [0.3, 0.4) is 0 Å². The van der Waals surface area contributed by atoms with Gasteiger partial charge in [-0.15, -0.1) is 0 Å². The Kier molecular flexibility index (Phi) is 4.52. The van der Waals surface area contributed by atoms with Crippen molar-refractivity contribution < 1.29 is 22.8 Å². The van der Waals surface area contributed by atoms with Crippen molar-refractivity contribution in [2.75, 3.05) is 5.32 Å². The zero-order valence-electron chi connectivity index (χ0n) is 10.4. The number of alkyl halides is 3. The van der Waals surface area contributed by atoms with E-state index in [1.165, 1.54) is 12.1 Å². The molecule has 2 rings (SSSR count). The summed E-state index contributed by atoms with van der Waals surface area (Å²) in [6, 6.07) is 4.29. The van der Waals surface area contributed by atoms with Crippen LogP contribution in [0.2, 0.25) is 0 Å². The molecule has 1 fully saturated rings. The van der Waals surface area contributed by atoms with E-state index in [0.29, 0.717) is 0 Å². The molecule has 0 aliphatic carbocycles. The maximum Gasteiger partial charge on any atom is 0.416 e. The third-order valence-corrected chi connectivity index (χ3v) is 3.98. The van der Waals surface area contributed by atoms with Gasteiger partial charge >= 0.3 is 6.18 Å². The van der Waals surface area contributed by atoms with Gasteiger partial charge in [0.15, 0.2) is 0 Å². The van der Waals surface area contributed by atoms with E-state index in [1.807, 2.05) is 0 Å². The SMILES string of the molecule is O=C(C[C@H]1SC(=S)NC1=O)Nc1cccc(C(F)(F)F)c1. The molecule has 2 amide bonds. The minimum absolute atomic E-state index is 0.0285. The van der Waals surface area contributed by atoms with Crippen LogP contribution < -0.4 is 10.6 Å². The van der Waals surface area contributed by atoms with Crippen LogP contribution in [0.15, 0.2) is 24.3 Å². The number of thiocarbonyl (C=S) groups is 1. The molecule has 1 atom stereocenters. The minimum atomic E-state index is -4.48. The van der Waals surface area contributed by atoms with Gasteiger partial charge in [-0.25, -0.2) is 0 Å². The summed E-state index contributed by atoms with van der Waals surface area (Å²) in [6.45, 7) is 0. The molecule has 0 saturated carbocycles. The van der Waals surface area contributed by atoms with Gasteiger partial charge in [0.05, 0.1) is 10.8 Å².